The van der Waals surface area contributed by atoms with E-state index in [0.717, 1.165) is 0 Å². The van der Waals surface area contributed by atoms with Gasteiger partial charge in [0.15, 0.2) is 0 Å². The van der Waals surface area contributed by atoms with Crippen molar-refractivity contribution in [2.24, 2.45) is 0 Å². The van der Waals surface area contributed by atoms with Gasteiger partial charge in [-0.05, 0) is 18.2 Å². The van der Waals surface area contributed by atoms with Crippen molar-refractivity contribution in [1.82, 2.24) is 24.7 Å². The van der Waals surface area contributed by atoms with Crippen molar-refractivity contribution in [3.63, 3.8) is 0 Å². The number of carbonyl (C=O) groups is 1. The molecule has 0 unspecified atom stereocenters. The lowest BCUT2D eigenvalue weighted by atomic mass is 10.1. The van der Waals surface area contributed by atoms with E-state index >= 15 is 0 Å². The molecule has 7 heteroatoms. The second kappa shape index (κ2) is 4.88. The predicted molar refractivity (Wildman–Crippen MR) is 69.3 cm³/mol. The third kappa shape index (κ3) is 2.12. The van der Waals surface area contributed by atoms with E-state index in [1.165, 1.54) is 10.9 Å². The number of hydrogen-bond donors (Lipinski definition) is 1. The van der Waals surface area contributed by atoms with E-state index in [1.807, 2.05) is 0 Å². The Kier molecular flexibility index (Phi) is 2.92. The van der Waals surface area contributed by atoms with Gasteiger partial charge in [0.25, 0.3) is 0 Å². The molecule has 3 aromatic rings. The molecule has 0 fully saturated rings. The molecule has 0 atom stereocenters. The first-order chi connectivity index (χ1) is 9.75. The Morgan fingerprint density at radius 1 is 1.15 bits per heavy atom. The maximum atomic E-state index is 11.3. The zero-order valence-corrected chi connectivity index (χ0v) is 10.2. The zero-order valence-electron chi connectivity index (χ0n) is 10.2. The molecule has 3 heterocycles. The van der Waals surface area contributed by atoms with Gasteiger partial charge in [0.1, 0.15) is 11.3 Å². The Balaban J connectivity index is 2.15. The molecule has 0 aliphatic heterocycles. The summed E-state index contributed by atoms with van der Waals surface area (Å²) in [4.78, 5) is 23.4. The van der Waals surface area contributed by atoms with Crippen LogP contribution in [0.5, 0.6) is 0 Å². The second-order valence-corrected chi connectivity index (χ2v) is 3.93. The van der Waals surface area contributed by atoms with E-state index in [0.29, 0.717) is 17.2 Å². The summed E-state index contributed by atoms with van der Waals surface area (Å²) >= 11 is 0. The fourth-order valence-corrected chi connectivity index (χ4v) is 1.76. The van der Waals surface area contributed by atoms with Crippen LogP contribution in [-0.4, -0.2) is 35.8 Å². The summed E-state index contributed by atoms with van der Waals surface area (Å²) in [5.41, 5.74) is 1.03. The Labute approximate surface area is 113 Å². The summed E-state index contributed by atoms with van der Waals surface area (Å²) in [6.45, 7) is 0. The highest BCUT2D eigenvalue weighted by Gasteiger charge is 2.18. The van der Waals surface area contributed by atoms with Gasteiger partial charge in [-0.15, -0.1) is 0 Å². The van der Waals surface area contributed by atoms with Crippen molar-refractivity contribution < 1.29 is 9.90 Å². The molecule has 0 aliphatic rings. The van der Waals surface area contributed by atoms with Gasteiger partial charge in [-0.2, -0.15) is 5.10 Å². The van der Waals surface area contributed by atoms with Crippen molar-refractivity contribution in [3.8, 4) is 17.2 Å². The van der Waals surface area contributed by atoms with Gasteiger partial charge in [0, 0.05) is 36.5 Å². The summed E-state index contributed by atoms with van der Waals surface area (Å²) in [7, 11) is 0. The summed E-state index contributed by atoms with van der Waals surface area (Å²) in [6, 6.07) is 5.14. The van der Waals surface area contributed by atoms with Crippen molar-refractivity contribution in [1.29, 1.82) is 0 Å². The van der Waals surface area contributed by atoms with Gasteiger partial charge >= 0.3 is 5.97 Å². The van der Waals surface area contributed by atoms with Crippen molar-refractivity contribution in [2.75, 3.05) is 0 Å². The fraction of sp³-hybridized carbons (Fsp3) is 0. The van der Waals surface area contributed by atoms with Crippen LogP contribution in [0, 0.1) is 0 Å². The summed E-state index contributed by atoms with van der Waals surface area (Å²) in [5.74, 6) is -0.754. The molecule has 0 bridgehead atoms. The molecule has 0 saturated heterocycles. The number of aromatic carboxylic acids is 1. The van der Waals surface area contributed by atoms with Crippen LogP contribution in [0.1, 0.15) is 10.4 Å². The van der Waals surface area contributed by atoms with Gasteiger partial charge in [0.05, 0.1) is 0 Å². The minimum atomic E-state index is -1.06. The van der Waals surface area contributed by atoms with E-state index in [-0.39, 0.29) is 5.56 Å². The predicted octanol–water partition coefficient (Wildman–Crippen LogP) is 1.42. The SMILES string of the molecule is O=C(O)c1cn(-c2ncccn2)nc1-c1cccnc1. The van der Waals surface area contributed by atoms with Gasteiger partial charge in [-0.25, -0.2) is 19.4 Å². The Bertz CT molecular complexity index is 740. The lowest BCUT2D eigenvalue weighted by Gasteiger charge is -1.98. The first kappa shape index (κ1) is 12.0. The zero-order chi connectivity index (χ0) is 13.9. The highest BCUT2D eigenvalue weighted by Crippen LogP contribution is 2.21. The van der Waals surface area contributed by atoms with Gasteiger partial charge in [0.2, 0.25) is 5.95 Å². The third-order valence-corrected chi connectivity index (χ3v) is 2.64. The van der Waals surface area contributed by atoms with Crippen LogP contribution in [0.4, 0.5) is 0 Å². The first-order valence-corrected chi connectivity index (χ1v) is 5.76. The van der Waals surface area contributed by atoms with Gasteiger partial charge in [-0.1, -0.05) is 0 Å². The van der Waals surface area contributed by atoms with Crippen molar-refractivity contribution >= 4 is 5.97 Å². The minimum absolute atomic E-state index is 0.0745. The van der Waals surface area contributed by atoms with Crippen LogP contribution in [0.15, 0.2) is 49.2 Å². The molecule has 3 rings (SSSR count). The largest absolute Gasteiger partial charge is 0.478 e. The summed E-state index contributed by atoms with van der Waals surface area (Å²) in [5, 5.41) is 13.5. The maximum absolute atomic E-state index is 11.3. The maximum Gasteiger partial charge on any atom is 0.339 e. The highest BCUT2D eigenvalue weighted by atomic mass is 16.4. The van der Waals surface area contributed by atoms with E-state index < -0.39 is 5.97 Å². The summed E-state index contributed by atoms with van der Waals surface area (Å²) in [6.07, 6.45) is 7.69. The van der Waals surface area contributed by atoms with Gasteiger partial charge in [-0.3, -0.25) is 4.98 Å². The average Bonchev–Trinajstić information content (AvgIpc) is 2.94. The monoisotopic (exact) mass is 267 g/mol. The Morgan fingerprint density at radius 2 is 1.95 bits per heavy atom. The molecule has 0 aromatic carbocycles. The van der Waals surface area contributed by atoms with E-state index in [9.17, 15) is 9.90 Å². The van der Waals surface area contributed by atoms with Crippen LogP contribution in [0.3, 0.4) is 0 Å². The minimum Gasteiger partial charge on any atom is -0.478 e. The number of pyridine rings is 1. The molecule has 0 radical (unpaired) electrons. The number of rotatable bonds is 3. The van der Waals surface area contributed by atoms with E-state index in [2.05, 4.69) is 20.1 Å². The number of carboxylic acid groups (broad SMARTS) is 1. The molecule has 98 valence electrons. The molecular formula is C13H9N5O2. The third-order valence-electron chi connectivity index (χ3n) is 2.64. The lowest BCUT2D eigenvalue weighted by Crippen LogP contribution is -2.00. The van der Waals surface area contributed by atoms with Gasteiger partial charge < -0.3 is 5.11 Å². The highest BCUT2D eigenvalue weighted by molar-refractivity contribution is 5.94. The summed E-state index contributed by atoms with van der Waals surface area (Å²) < 4.78 is 1.34. The van der Waals surface area contributed by atoms with Crippen molar-refractivity contribution in [2.45, 2.75) is 0 Å². The quantitative estimate of drug-likeness (QED) is 0.771. The normalized spacial score (nSPS) is 10.4. The smallest absolute Gasteiger partial charge is 0.339 e. The molecular weight excluding hydrogens is 258 g/mol. The number of nitrogens with zero attached hydrogens (tertiary/aromatic N) is 5. The molecule has 0 saturated carbocycles. The van der Waals surface area contributed by atoms with Crippen molar-refractivity contribution in [3.05, 3.63) is 54.7 Å². The molecule has 1 N–H and O–H groups in total. The number of aromatic nitrogens is 5. The van der Waals surface area contributed by atoms with Crippen LogP contribution < -0.4 is 0 Å². The van der Waals surface area contributed by atoms with Crippen LogP contribution in [-0.2, 0) is 0 Å². The first-order valence-electron chi connectivity index (χ1n) is 5.76. The molecule has 0 amide bonds. The van der Waals surface area contributed by atoms with Crippen LogP contribution in [0.2, 0.25) is 0 Å². The molecule has 7 nitrogen and oxygen atoms in total. The number of carboxylic acids is 1. The standard InChI is InChI=1S/C13H9N5O2/c19-12(20)10-8-18(13-15-5-2-6-16-13)17-11(10)9-3-1-4-14-7-9/h1-8H,(H,19,20). The molecule has 0 aliphatic carbocycles. The van der Waals surface area contributed by atoms with Crippen LogP contribution >= 0.6 is 0 Å². The number of hydrogen-bond acceptors (Lipinski definition) is 5. The Hall–Kier alpha value is -3.09. The van der Waals surface area contributed by atoms with E-state index in [4.69, 9.17) is 0 Å². The van der Waals surface area contributed by atoms with E-state index in [1.54, 1.807) is 43.0 Å². The lowest BCUT2D eigenvalue weighted by molar-refractivity contribution is 0.0697. The molecule has 3 aromatic heterocycles. The van der Waals surface area contributed by atoms with Crippen LogP contribution in [0.25, 0.3) is 17.2 Å². The Morgan fingerprint density at radius 3 is 2.60 bits per heavy atom. The molecule has 0 spiro atoms. The topological polar surface area (TPSA) is 93.8 Å². The average molecular weight is 267 g/mol. The second-order valence-electron chi connectivity index (χ2n) is 3.93. The fourth-order valence-electron chi connectivity index (χ4n) is 1.76. The molecule has 20 heavy (non-hydrogen) atoms.